The van der Waals surface area contributed by atoms with Gasteiger partial charge in [0, 0.05) is 51.9 Å². The van der Waals surface area contributed by atoms with Crippen LogP contribution >= 0.6 is 24.0 Å². The number of nitrogens with zero attached hydrogens (tertiary/aromatic N) is 6. The Hall–Kier alpha value is -2.00. The zero-order chi connectivity index (χ0) is 21.1. The highest BCUT2D eigenvalue weighted by molar-refractivity contribution is 6.33. The molecule has 1 fully saturated rings. The van der Waals surface area contributed by atoms with E-state index in [4.69, 9.17) is 31.3 Å². The Morgan fingerprint density at radius 1 is 1.06 bits per heavy atom. The van der Waals surface area contributed by atoms with Crippen molar-refractivity contribution in [1.82, 2.24) is 24.4 Å². The number of piperazine rings is 1. The molecule has 1 aliphatic heterocycles. The minimum Gasteiger partial charge on any atom is -0.383 e. The minimum absolute atomic E-state index is 0. The molecular weight excluding hydrogens is 442 g/mol. The fraction of sp³-hybridized carbons (Fsp3) is 0.476. The van der Waals surface area contributed by atoms with Gasteiger partial charge in [-0.15, -0.1) is 12.4 Å². The van der Waals surface area contributed by atoms with E-state index in [0.717, 1.165) is 54.5 Å². The summed E-state index contributed by atoms with van der Waals surface area (Å²) in [5, 5.41) is 0.637. The predicted octanol–water partition coefficient (Wildman–Crippen LogP) is 3.61. The van der Waals surface area contributed by atoms with Crippen molar-refractivity contribution in [2.75, 3.05) is 58.0 Å². The molecule has 7 nitrogen and oxygen atoms in total. The predicted molar refractivity (Wildman–Crippen MR) is 124 cm³/mol. The maximum Gasteiger partial charge on any atom is 0.166 e. The molecule has 0 unspecified atom stereocenters. The van der Waals surface area contributed by atoms with E-state index in [1.807, 2.05) is 31.2 Å². The van der Waals surface area contributed by atoms with Gasteiger partial charge in [-0.1, -0.05) is 23.7 Å². The van der Waals surface area contributed by atoms with Crippen LogP contribution in [0.25, 0.3) is 22.6 Å². The maximum atomic E-state index is 12.7. The normalized spacial score (nSPS) is 14.8. The van der Waals surface area contributed by atoms with Crippen molar-refractivity contribution in [1.29, 1.82) is 0 Å². The standard InChI is InChI=1S/C21H26ClFN6O.ClH/c1-15-24-20(28-11-9-27(8-7-23)10-12-28)18-21(25-15)29(13-14-30-2)19(26-18)16-5-3-4-6-17(16)22;/h3-6H,7-14H2,1-2H3;1H. The van der Waals surface area contributed by atoms with E-state index in [9.17, 15) is 4.39 Å². The molecule has 0 amide bonds. The van der Waals surface area contributed by atoms with Crippen LogP contribution in [-0.4, -0.2) is 77.5 Å². The molecule has 31 heavy (non-hydrogen) atoms. The molecule has 168 valence electrons. The van der Waals surface area contributed by atoms with Gasteiger partial charge in [-0.05, 0) is 19.1 Å². The Bertz CT molecular complexity index is 1020. The number of fused-ring (bicyclic) bond motifs is 1. The van der Waals surface area contributed by atoms with Gasteiger partial charge in [0.1, 0.15) is 18.3 Å². The van der Waals surface area contributed by atoms with Gasteiger partial charge in [0.2, 0.25) is 0 Å². The highest BCUT2D eigenvalue weighted by Crippen LogP contribution is 2.33. The highest BCUT2D eigenvalue weighted by Gasteiger charge is 2.25. The molecule has 0 radical (unpaired) electrons. The van der Waals surface area contributed by atoms with Gasteiger partial charge >= 0.3 is 0 Å². The second-order valence-corrected chi connectivity index (χ2v) is 7.75. The second-order valence-electron chi connectivity index (χ2n) is 7.34. The maximum absolute atomic E-state index is 12.7. The van der Waals surface area contributed by atoms with Gasteiger partial charge in [-0.2, -0.15) is 0 Å². The average molecular weight is 469 g/mol. The van der Waals surface area contributed by atoms with E-state index in [0.29, 0.717) is 30.5 Å². The van der Waals surface area contributed by atoms with Crippen LogP contribution in [0.1, 0.15) is 5.82 Å². The summed E-state index contributed by atoms with van der Waals surface area (Å²) in [4.78, 5) is 18.7. The molecule has 10 heteroatoms. The number of hydrogen-bond donors (Lipinski definition) is 0. The molecular formula is C21H27Cl2FN6O. The Balaban J connectivity index is 0.00000272. The molecule has 1 aliphatic rings. The molecule has 0 aliphatic carbocycles. The van der Waals surface area contributed by atoms with E-state index in [1.165, 1.54) is 0 Å². The van der Waals surface area contributed by atoms with Crippen molar-refractivity contribution >= 4 is 41.0 Å². The average Bonchev–Trinajstić information content (AvgIpc) is 3.11. The Kier molecular flexibility index (Phi) is 8.05. The number of alkyl halides is 1. The third kappa shape index (κ3) is 4.92. The minimum atomic E-state index is -0.317. The van der Waals surface area contributed by atoms with Crippen LogP contribution in [0.2, 0.25) is 5.02 Å². The molecule has 0 atom stereocenters. The fourth-order valence-electron chi connectivity index (χ4n) is 3.86. The first-order valence-corrected chi connectivity index (χ1v) is 10.5. The quantitative estimate of drug-likeness (QED) is 0.527. The molecule has 2 aromatic heterocycles. The number of aromatic nitrogens is 4. The summed E-state index contributed by atoms with van der Waals surface area (Å²) in [7, 11) is 1.68. The van der Waals surface area contributed by atoms with Crippen LogP contribution in [-0.2, 0) is 11.3 Å². The third-order valence-corrected chi connectivity index (χ3v) is 5.72. The van der Waals surface area contributed by atoms with Gasteiger partial charge in [-0.25, -0.2) is 19.3 Å². The number of halogens is 3. The number of ether oxygens (including phenoxy) is 1. The summed E-state index contributed by atoms with van der Waals surface area (Å²) >= 11 is 6.49. The van der Waals surface area contributed by atoms with Gasteiger partial charge in [0.25, 0.3) is 0 Å². The smallest absolute Gasteiger partial charge is 0.166 e. The molecule has 0 bridgehead atoms. The molecule has 4 rings (SSSR count). The monoisotopic (exact) mass is 468 g/mol. The Morgan fingerprint density at radius 2 is 1.81 bits per heavy atom. The van der Waals surface area contributed by atoms with Gasteiger partial charge < -0.3 is 14.2 Å². The van der Waals surface area contributed by atoms with Crippen LogP contribution in [0.3, 0.4) is 0 Å². The summed E-state index contributed by atoms with van der Waals surface area (Å²) in [5.74, 6) is 2.26. The van der Waals surface area contributed by atoms with Gasteiger partial charge in [0.15, 0.2) is 17.0 Å². The number of methoxy groups -OCH3 is 1. The lowest BCUT2D eigenvalue weighted by atomic mass is 10.2. The van der Waals surface area contributed by atoms with E-state index in [2.05, 4.69) is 14.4 Å². The molecule has 0 spiro atoms. The first-order valence-electron chi connectivity index (χ1n) is 10.1. The third-order valence-electron chi connectivity index (χ3n) is 5.39. The summed E-state index contributed by atoms with van der Waals surface area (Å²) < 4.78 is 20.1. The lowest BCUT2D eigenvalue weighted by molar-refractivity contribution is 0.188. The largest absolute Gasteiger partial charge is 0.383 e. The zero-order valence-corrected chi connectivity index (χ0v) is 19.3. The number of benzene rings is 1. The van der Waals surface area contributed by atoms with Crippen molar-refractivity contribution in [3.8, 4) is 11.4 Å². The number of aryl methyl sites for hydroxylation is 1. The number of rotatable bonds is 7. The zero-order valence-electron chi connectivity index (χ0n) is 17.7. The lowest BCUT2D eigenvalue weighted by Crippen LogP contribution is -2.47. The number of hydrogen-bond acceptors (Lipinski definition) is 6. The Morgan fingerprint density at radius 3 is 2.48 bits per heavy atom. The topological polar surface area (TPSA) is 59.3 Å². The Labute approximate surface area is 192 Å². The highest BCUT2D eigenvalue weighted by atomic mass is 35.5. The number of anilines is 1. The molecule has 0 saturated carbocycles. The van der Waals surface area contributed by atoms with E-state index in [-0.39, 0.29) is 19.1 Å². The molecule has 1 aromatic carbocycles. The van der Waals surface area contributed by atoms with E-state index >= 15 is 0 Å². The molecule has 0 N–H and O–H groups in total. The van der Waals surface area contributed by atoms with Crippen molar-refractivity contribution in [2.24, 2.45) is 0 Å². The number of imidazole rings is 1. The SMILES string of the molecule is COCCn1c(-c2ccccc2Cl)nc2c(N3CCN(CCF)CC3)nc(C)nc21.Cl. The van der Waals surface area contributed by atoms with E-state index < -0.39 is 0 Å². The molecule has 3 aromatic rings. The summed E-state index contributed by atoms with van der Waals surface area (Å²) in [6, 6.07) is 7.67. The summed E-state index contributed by atoms with van der Waals surface area (Å²) in [6.45, 7) is 6.35. The van der Waals surface area contributed by atoms with Crippen LogP contribution in [0.15, 0.2) is 24.3 Å². The summed E-state index contributed by atoms with van der Waals surface area (Å²) in [6.07, 6.45) is 0. The van der Waals surface area contributed by atoms with Gasteiger partial charge in [0.05, 0.1) is 11.6 Å². The molecule has 1 saturated heterocycles. The molecule has 3 heterocycles. The van der Waals surface area contributed by atoms with Crippen molar-refractivity contribution < 1.29 is 9.13 Å². The van der Waals surface area contributed by atoms with Gasteiger partial charge in [-0.3, -0.25) is 4.90 Å². The van der Waals surface area contributed by atoms with Crippen molar-refractivity contribution in [3.63, 3.8) is 0 Å². The fourth-order valence-corrected chi connectivity index (χ4v) is 4.08. The van der Waals surface area contributed by atoms with Crippen LogP contribution in [0.5, 0.6) is 0 Å². The van der Waals surface area contributed by atoms with Crippen LogP contribution < -0.4 is 4.90 Å². The van der Waals surface area contributed by atoms with Crippen LogP contribution in [0, 0.1) is 6.92 Å². The lowest BCUT2D eigenvalue weighted by Gasteiger charge is -2.34. The first-order chi connectivity index (χ1) is 14.6. The van der Waals surface area contributed by atoms with Crippen molar-refractivity contribution in [2.45, 2.75) is 13.5 Å². The second kappa shape index (κ2) is 10.5. The summed E-state index contributed by atoms with van der Waals surface area (Å²) in [5.41, 5.74) is 2.38. The van der Waals surface area contributed by atoms with Crippen LogP contribution in [0.4, 0.5) is 10.2 Å². The van der Waals surface area contributed by atoms with E-state index in [1.54, 1.807) is 7.11 Å². The van der Waals surface area contributed by atoms with Crippen molar-refractivity contribution in [3.05, 3.63) is 35.1 Å². The first kappa shape index (κ1) is 23.7.